The topological polar surface area (TPSA) is 92.8 Å². The largest absolute Gasteiger partial charge is 0.504 e. The number of carboxylic acids is 1. The number of aliphatic carboxylic acids is 1. The summed E-state index contributed by atoms with van der Waals surface area (Å²) >= 11 is 0. The summed E-state index contributed by atoms with van der Waals surface area (Å²) in [5.74, 6) is -3.57. The van der Waals surface area contributed by atoms with Crippen LogP contribution in [0.1, 0.15) is 11.5 Å². The van der Waals surface area contributed by atoms with E-state index in [9.17, 15) is 14.3 Å². The van der Waals surface area contributed by atoms with Crippen molar-refractivity contribution in [3.05, 3.63) is 23.5 Å². The minimum Gasteiger partial charge on any atom is -0.504 e. The summed E-state index contributed by atoms with van der Waals surface area (Å²) in [5.41, 5.74) is 5.08. The molecule has 0 bridgehead atoms. The van der Waals surface area contributed by atoms with Crippen molar-refractivity contribution in [2.24, 2.45) is 5.73 Å². The highest BCUT2D eigenvalue weighted by Crippen LogP contribution is 2.32. The Kier molecular flexibility index (Phi) is 3.68. The number of nitrogens with two attached hydrogens (primary N) is 1. The highest BCUT2D eigenvalue weighted by atomic mass is 19.1. The second kappa shape index (κ2) is 4.80. The molecule has 0 saturated carbocycles. The molecule has 0 amide bonds. The first-order chi connectivity index (χ1) is 7.51. The van der Waals surface area contributed by atoms with E-state index in [0.717, 1.165) is 12.1 Å². The van der Waals surface area contributed by atoms with Gasteiger partial charge in [0.05, 0.1) is 13.0 Å². The molecule has 0 radical (unpaired) electrons. The molecule has 1 rings (SSSR count). The van der Waals surface area contributed by atoms with E-state index in [2.05, 4.69) is 4.74 Å². The van der Waals surface area contributed by atoms with Crippen LogP contribution in [-0.4, -0.2) is 29.8 Å². The van der Waals surface area contributed by atoms with Crippen LogP contribution in [0.2, 0.25) is 0 Å². The molecule has 1 unspecified atom stereocenters. The zero-order valence-electron chi connectivity index (χ0n) is 8.61. The van der Waals surface area contributed by atoms with Gasteiger partial charge in [-0.15, -0.1) is 0 Å². The number of hydrogen-bond acceptors (Lipinski definition) is 4. The summed E-state index contributed by atoms with van der Waals surface area (Å²) in [7, 11) is 1.27. The van der Waals surface area contributed by atoms with Crippen LogP contribution in [0, 0.1) is 5.82 Å². The Bertz CT molecular complexity index is 408. The van der Waals surface area contributed by atoms with Gasteiger partial charge in [-0.2, -0.15) is 0 Å². The number of halogens is 1. The first-order valence-corrected chi connectivity index (χ1v) is 4.50. The molecule has 0 aliphatic heterocycles. The highest BCUT2D eigenvalue weighted by molar-refractivity contribution is 5.76. The average molecular weight is 229 g/mol. The van der Waals surface area contributed by atoms with E-state index in [4.69, 9.17) is 10.8 Å². The maximum absolute atomic E-state index is 13.5. The number of benzene rings is 1. The quantitative estimate of drug-likeness (QED) is 0.705. The van der Waals surface area contributed by atoms with E-state index in [-0.39, 0.29) is 23.6 Å². The van der Waals surface area contributed by atoms with Gasteiger partial charge in [0, 0.05) is 18.2 Å². The van der Waals surface area contributed by atoms with Gasteiger partial charge in [0.2, 0.25) is 0 Å². The Labute approximate surface area is 91.3 Å². The van der Waals surface area contributed by atoms with Crippen LogP contribution in [0.5, 0.6) is 11.5 Å². The lowest BCUT2D eigenvalue weighted by atomic mass is 9.98. The highest BCUT2D eigenvalue weighted by Gasteiger charge is 2.23. The Morgan fingerprint density at radius 1 is 1.62 bits per heavy atom. The molecule has 0 aliphatic carbocycles. The third-order valence-electron chi connectivity index (χ3n) is 2.21. The number of hydrogen-bond donors (Lipinski definition) is 3. The van der Waals surface area contributed by atoms with Gasteiger partial charge in [-0.3, -0.25) is 4.79 Å². The van der Waals surface area contributed by atoms with Crippen LogP contribution in [0.3, 0.4) is 0 Å². The smallest absolute Gasteiger partial charge is 0.312 e. The molecule has 1 atom stereocenters. The SMILES string of the molecule is COc1cc(F)c(C(CN)C(=O)O)cc1O. The van der Waals surface area contributed by atoms with Crippen LogP contribution in [0.4, 0.5) is 4.39 Å². The third-order valence-corrected chi connectivity index (χ3v) is 2.21. The molecule has 0 heterocycles. The summed E-state index contributed by atoms with van der Waals surface area (Å²) < 4.78 is 18.2. The minimum absolute atomic E-state index is 0.0533. The number of methoxy groups -OCH3 is 1. The number of rotatable bonds is 4. The minimum atomic E-state index is -1.24. The lowest BCUT2D eigenvalue weighted by Crippen LogP contribution is -2.22. The molecule has 5 nitrogen and oxygen atoms in total. The standard InChI is InChI=1S/C10H12FNO4/c1-16-9-3-7(11)5(2-8(9)13)6(4-12)10(14)15/h2-3,6,13H,4,12H2,1H3,(H,14,15). The molecule has 0 aromatic heterocycles. The van der Waals surface area contributed by atoms with Gasteiger partial charge in [0.1, 0.15) is 5.82 Å². The van der Waals surface area contributed by atoms with Gasteiger partial charge in [-0.05, 0) is 6.07 Å². The molecule has 4 N–H and O–H groups in total. The molecule has 0 aliphatic rings. The summed E-state index contributed by atoms with van der Waals surface area (Å²) in [6.07, 6.45) is 0. The van der Waals surface area contributed by atoms with Crippen molar-refractivity contribution >= 4 is 5.97 Å². The van der Waals surface area contributed by atoms with Gasteiger partial charge in [0.25, 0.3) is 0 Å². The van der Waals surface area contributed by atoms with Crippen molar-refractivity contribution in [2.45, 2.75) is 5.92 Å². The molecule has 6 heteroatoms. The van der Waals surface area contributed by atoms with Crippen LogP contribution >= 0.6 is 0 Å². The number of phenols is 1. The lowest BCUT2D eigenvalue weighted by molar-refractivity contribution is -0.138. The zero-order chi connectivity index (χ0) is 12.3. The van der Waals surface area contributed by atoms with Crippen molar-refractivity contribution in [1.82, 2.24) is 0 Å². The fourth-order valence-electron chi connectivity index (χ4n) is 1.35. The molecule has 0 fully saturated rings. The van der Waals surface area contributed by atoms with Crippen molar-refractivity contribution in [2.75, 3.05) is 13.7 Å². The molecule has 0 saturated heterocycles. The molecule has 1 aromatic rings. The molecule has 88 valence electrons. The number of phenolic OH excluding ortho intramolecular Hbond substituents is 1. The van der Waals surface area contributed by atoms with E-state index in [1.165, 1.54) is 7.11 Å². The van der Waals surface area contributed by atoms with Crippen LogP contribution < -0.4 is 10.5 Å². The summed E-state index contributed by atoms with van der Waals surface area (Å²) in [6.45, 7) is -0.252. The number of carboxylic acid groups (broad SMARTS) is 1. The van der Waals surface area contributed by atoms with Crippen LogP contribution in [-0.2, 0) is 4.79 Å². The van der Waals surface area contributed by atoms with Crippen molar-refractivity contribution < 1.29 is 24.1 Å². The average Bonchev–Trinajstić information content (AvgIpc) is 2.23. The van der Waals surface area contributed by atoms with Crippen LogP contribution in [0.15, 0.2) is 12.1 Å². The van der Waals surface area contributed by atoms with E-state index in [0.29, 0.717) is 0 Å². The Morgan fingerprint density at radius 3 is 2.69 bits per heavy atom. The number of aromatic hydroxyl groups is 1. The molecule has 1 aromatic carbocycles. The van der Waals surface area contributed by atoms with Gasteiger partial charge in [0.15, 0.2) is 11.5 Å². The van der Waals surface area contributed by atoms with E-state index in [1.54, 1.807) is 0 Å². The summed E-state index contributed by atoms with van der Waals surface area (Å²) in [6, 6.07) is 1.94. The Balaban J connectivity index is 3.24. The fourth-order valence-corrected chi connectivity index (χ4v) is 1.35. The number of ether oxygens (including phenoxy) is 1. The van der Waals surface area contributed by atoms with Crippen LogP contribution in [0.25, 0.3) is 0 Å². The second-order valence-corrected chi connectivity index (χ2v) is 3.17. The van der Waals surface area contributed by atoms with E-state index < -0.39 is 17.7 Å². The first kappa shape index (κ1) is 12.3. The van der Waals surface area contributed by atoms with E-state index >= 15 is 0 Å². The lowest BCUT2D eigenvalue weighted by Gasteiger charge is -2.13. The third kappa shape index (κ3) is 2.22. The van der Waals surface area contributed by atoms with Gasteiger partial charge in [-0.1, -0.05) is 0 Å². The van der Waals surface area contributed by atoms with E-state index in [1.807, 2.05) is 0 Å². The van der Waals surface area contributed by atoms with Crippen molar-refractivity contribution in [3.63, 3.8) is 0 Å². The summed E-state index contributed by atoms with van der Waals surface area (Å²) in [5, 5.41) is 18.2. The van der Waals surface area contributed by atoms with Gasteiger partial charge in [-0.25, -0.2) is 4.39 Å². The predicted molar refractivity (Wildman–Crippen MR) is 54.0 cm³/mol. The predicted octanol–water partition coefficient (Wildman–Crippen LogP) is 0.667. The zero-order valence-corrected chi connectivity index (χ0v) is 8.61. The summed E-state index contributed by atoms with van der Waals surface area (Å²) in [4.78, 5) is 10.8. The maximum Gasteiger partial charge on any atom is 0.312 e. The fraction of sp³-hybridized carbons (Fsp3) is 0.300. The first-order valence-electron chi connectivity index (χ1n) is 4.50. The monoisotopic (exact) mass is 229 g/mol. The number of carbonyl (C=O) groups is 1. The normalized spacial score (nSPS) is 12.2. The van der Waals surface area contributed by atoms with Crippen molar-refractivity contribution in [3.8, 4) is 11.5 Å². The maximum atomic E-state index is 13.5. The van der Waals surface area contributed by atoms with Crippen molar-refractivity contribution in [1.29, 1.82) is 0 Å². The van der Waals surface area contributed by atoms with Gasteiger partial charge >= 0.3 is 5.97 Å². The molecule has 16 heavy (non-hydrogen) atoms. The molecular formula is C10H12FNO4. The Morgan fingerprint density at radius 2 is 2.25 bits per heavy atom. The molecule has 0 spiro atoms. The van der Waals surface area contributed by atoms with Gasteiger partial charge < -0.3 is 20.7 Å². The second-order valence-electron chi connectivity index (χ2n) is 3.17. The molecular weight excluding hydrogens is 217 g/mol. The Hall–Kier alpha value is -1.82.